The third-order valence-corrected chi connectivity index (χ3v) is 10.8. The van der Waals surface area contributed by atoms with Crippen LogP contribution in [0, 0.1) is 0 Å². The summed E-state index contributed by atoms with van der Waals surface area (Å²) in [6, 6.07) is 0. The number of ether oxygens (including phenoxy) is 2. The lowest BCUT2D eigenvalue weighted by Crippen LogP contribution is -2.63. The molecule has 1 aliphatic heterocycles. The summed E-state index contributed by atoms with van der Waals surface area (Å²) >= 11 is 0. The van der Waals surface area contributed by atoms with E-state index in [1.54, 1.807) is 0 Å². The van der Waals surface area contributed by atoms with Crippen LogP contribution >= 0.6 is 0 Å². The number of likely N-dealkylation sites (tertiary alicyclic amines) is 1. The zero-order valence-corrected chi connectivity index (χ0v) is 33.3. The van der Waals surface area contributed by atoms with Gasteiger partial charge in [-0.3, -0.25) is 14.5 Å². The van der Waals surface area contributed by atoms with Crippen molar-refractivity contribution in [2.75, 3.05) is 13.2 Å². The molecule has 0 aliphatic carbocycles. The van der Waals surface area contributed by atoms with Crippen LogP contribution < -0.4 is 0 Å². The number of unbranched alkanes of at least 4 members (excludes halogenated alkanes) is 24. The summed E-state index contributed by atoms with van der Waals surface area (Å²) in [5, 5.41) is 0. The molecule has 0 atom stereocenters. The van der Waals surface area contributed by atoms with Crippen molar-refractivity contribution in [2.45, 2.75) is 251 Å². The van der Waals surface area contributed by atoms with Gasteiger partial charge in [0.15, 0.2) is 0 Å². The molecule has 1 saturated heterocycles. The van der Waals surface area contributed by atoms with Crippen LogP contribution in [0.5, 0.6) is 0 Å². The first kappa shape index (κ1) is 44.9. The lowest BCUT2D eigenvalue weighted by atomic mass is 9.78. The molecule has 5 nitrogen and oxygen atoms in total. The van der Waals surface area contributed by atoms with Crippen LogP contribution in [0.2, 0.25) is 0 Å². The van der Waals surface area contributed by atoms with Gasteiger partial charge in [-0.15, -0.1) is 0 Å². The Morgan fingerprint density at radius 3 is 1.17 bits per heavy atom. The van der Waals surface area contributed by atoms with E-state index in [2.05, 4.69) is 46.4 Å². The number of esters is 2. The Kier molecular flexibility index (Phi) is 26.7. The number of nitrogens with zero attached hydrogens (tertiary/aromatic N) is 1. The summed E-state index contributed by atoms with van der Waals surface area (Å²) in [5.74, 6) is -0.101. The van der Waals surface area contributed by atoms with Gasteiger partial charge in [0.2, 0.25) is 0 Å². The minimum atomic E-state index is -0.135. The van der Waals surface area contributed by atoms with Crippen LogP contribution in [0.25, 0.3) is 0 Å². The molecule has 0 spiro atoms. The highest BCUT2D eigenvalue weighted by atomic mass is 16.5. The molecular formula is C43H83NO4. The van der Waals surface area contributed by atoms with Gasteiger partial charge < -0.3 is 9.47 Å². The maximum absolute atomic E-state index is 12.7. The first-order valence-corrected chi connectivity index (χ1v) is 21.2. The Hall–Kier alpha value is -1.10. The molecule has 0 bridgehead atoms. The van der Waals surface area contributed by atoms with E-state index >= 15 is 0 Å². The van der Waals surface area contributed by atoms with Crippen LogP contribution in [0.15, 0.2) is 0 Å². The first-order valence-electron chi connectivity index (χ1n) is 21.2. The van der Waals surface area contributed by atoms with Crippen molar-refractivity contribution < 1.29 is 19.1 Å². The van der Waals surface area contributed by atoms with Crippen LogP contribution in [0.3, 0.4) is 0 Å². The largest absolute Gasteiger partial charge is 0.464 e. The predicted molar refractivity (Wildman–Crippen MR) is 206 cm³/mol. The predicted octanol–water partition coefficient (Wildman–Crippen LogP) is 13.1. The van der Waals surface area contributed by atoms with Crippen molar-refractivity contribution in [3.8, 4) is 0 Å². The monoisotopic (exact) mass is 678 g/mol. The second kappa shape index (κ2) is 28.6. The molecular weight excluding hydrogens is 594 g/mol. The molecule has 0 unspecified atom stereocenters. The fraction of sp³-hybridized carbons (Fsp3) is 0.953. The van der Waals surface area contributed by atoms with Gasteiger partial charge in [-0.1, -0.05) is 168 Å². The highest BCUT2D eigenvalue weighted by Gasteiger charge is 2.46. The Morgan fingerprint density at radius 2 is 0.812 bits per heavy atom. The molecule has 0 N–H and O–H groups in total. The molecule has 0 aromatic heterocycles. The molecule has 1 fully saturated rings. The zero-order chi connectivity index (χ0) is 35.4. The molecule has 5 heteroatoms. The number of hydrogen-bond acceptors (Lipinski definition) is 5. The first-order chi connectivity index (χ1) is 23.1. The average molecular weight is 678 g/mol. The van der Waals surface area contributed by atoms with E-state index in [0.29, 0.717) is 26.0 Å². The van der Waals surface area contributed by atoms with Gasteiger partial charge in [0.1, 0.15) is 12.7 Å². The SMILES string of the molecule is CCCCCCCCCCCCCCCC(=O)OCCN1C(C)(C)CC(OC(=O)CCCCCCCCCCCCCCC)CC1(C)C. The molecule has 0 aromatic rings. The van der Waals surface area contributed by atoms with Gasteiger partial charge in [0, 0.05) is 43.3 Å². The zero-order valence-electron chi connectivity index (χ0n) is 33.3. The van der Waals surface area contributed by atoms with Crippen molar-refractivity contribution in [3.05, 3.63) is 0 Å². The summed E-state index contributed by atoms with van der Waals surface area (Å²) in [7, 11) is 0. The Labute approximate surface area is 299 Å². The lowest BCUT2D eigenvalue weighted by molar-refractivity contribution is -0.163. The van der Waals surface area contributed by atoms with Gasteiger partial charge in [-0.05, 0) is 40.5 Å². The number of carbonyl (C=O) groups is 2. The molecule has 48 heavy (non-hydrogen) atoms. The smallest absolute Gasteiger partial charge is 0.306 e. The van der Waals surface area contributed by atoms with Crippen molar-refractivity contribution in [1.82, 2.24) is 4.90 Å². The second-order valence-corrected chi connectivity index (χ2v) is 16.5. The molecule has 0 radical (unpaired) electrons. The molecule has 1 rings (SSSR count). The van der Waals surface area contributed by atoms with E-state index in [9.17, 15) is 9.59 Å². The maximum Gasteiger partial charge on any atom is 0.306 e. The average Bonchev–Trinajstić information content (AvgIpc) is 3.02. The third-order valence-electron chi connectivity index (χ3n) is 10.8. The highest BCUT2D eigenvalue weighted by molar-refractivity contribution is 5.69. The Morgan fingerprint density at radius 1 is 0.500 bits per heavy atom. The standard InChI is InChI=1S/C43H83NO4/c1-7-9-11-13-15-17-19-21-23-25-27-29-31-33-40(45)47-36-35-44-42(3,4)37-39(38-43(44,5)6)48-41(46)34-32-30-28-26-24-22-20-18-16-14-12-10-8-2/h39H,7-38H2,1-6H3. The van der Waals surface area contributed by atoms with E-state index in [0.717, 1.165) is 38.5 Å². The van der Waals surface area contributed by atoms with Crippen LogP contribution in [-0.2, 0) is 19.1 Å². The van der Waals surface area contributed by atoms with Gasteiger partial charge in [0.25, 0.3) is 0 Å². The number of piperidine rings is 1. The minimum absolute atomic E-state index is 0.0368. The summed E-state index contributed by atoms with van der Waals surface area (Å²) in [6.45, 7) is 14.6. The summed E-state index contributed by atoms with van der Waals surface area (Å²) < 4.78 is 11.7. The Bertz CT molecular complexity index is 761. The number of rotatable bonds is 32. The highest BCUT2D eigenvalue weighted by Crippen LogP contribution is 2.39. The normalized spacial score (nSPS) is 16.3. The summed E-state index contributed by atoms with van der Waals surface area (Å²) in [5.41, 5.74) is -0.271. The third kappa shape index (κ3) is 23.3. The topological polar surface area (TPSA) is 55.8 Å². The summed E-state index contributed by atoms with van der Waals surface area (Å²) in [4.78, 5) is 27.6. The van der Waals surface area contributed by atoms with E-state index in [4.69, 9.17) is 9.47 Å². The number of carbonyl (C=O) groups excluding carboxylic acids is 2. The van der Waals surface area contributed by atoms with E-state index in [1.165, 1.54) is 141 Å². The molecule has 0 saturated carbocycles. The van der Waals surface area contributed by atoms with Crippen LogP contribution in [0.1, 0.15) is 234 Å². The molecule has 1 heterocycles. The molecule has 1 aliphatic rings. The van der Waals surface area contributed by atoms with Gasteiger partial charge in [-0.2, -0.15) is 0 Å². The van der Waals surface area contributed by atoms with Crippen molar-refractivity contribution in [3.63, 3.8) is 0 Å². The van der Waals surface area contributed by atoms with Gasteiger partial charge in [0.05, 0.1) is 0 Å². The second-order valence-electron chi connectivity index (χ2n) is 16.5. The van der Waals surface area contributed by atoms with Gasteiger partial charge in [-0.25, -0.2) is 0 Å². The molecule has 0 amide bonds. The van der Waals surface area contributed by atoms with Crippen LogP contribution in [-0.4, -0.2) is 47.2 Å². The van der Waals surface area contributed by atoms with E-state index < -0.39 is 0 Å². The Balaban J connectivity index is 2.12. The quantitative estimate of drug-likeness (QED) is 0.0524. The molecule has 284 valence electrons. The van der Waals surface area contributed by atoms with Crippen molar-refractivity contribution in [1.29, 1.82) is 0 Å². The molecule has 0 aromatic carbocycles. The lowest BCUT2D eigenvalue weighted by Gasteiger charge is -2.54. The van der Waals surface area contributed by atoms with Gasteiger partial charge >= 0.3 is 11.9 Å². The van der Waals surface area contributed by atoms with E-state index in [-0.39, 0.29) is 29.1 Å². The fourth-order valence-corrected chi connectivity index (χ4v) is 8.06. The van der Waals surface area contributed by atoms with Crippen molar-refractivity contribution >= 4 is 11.9 Å². The van der Waals surface area contributed by atoms with E-state index in [1.807, 2.05) is 0 Å². The maximum atomic E-state index is 12.7. The van der Waals surface area contributed by atoms with Crippen LogP contribution in [0.4, 0.5) is 0 Å². The minimum Gasteiger partial charge on any atom is -0.464 e. The fourth-order valence-electron chi connectivity index (χ4n) is 8.06. The van der Waals surface area contributed by atoms with Crippen molar-refractivity contribution in [2.24, 2.45) is 0 Å². The number of hydrogen-bond donors (Lipinski definition) is 0. The summed E-state index contributed by atoms with van der Waals surface area (Å²) in [6.07, 6.45) is 36.6.